The van der Waals surface area contributed by atoms with Crippen LogP contribution in [0.4, 0.5) is 0 Å². The summed E-state index contributed by atoms with van der Waals surface area (Å²) < 4.78 is 0.821. The maximum atomic E-state index is 11.7. The fourth-order valence-electron chi connectivity index (χ4n) is 2.43. The molecule has 0 aliphatic carbocycles. The van der Waals surface area contributed by atoms with Gasteiger partial charge in [-0.05, 0) is 19.3 Å². The van der Waals surface area contributed by atoms with Crippen molar-refractivity contribution in [3.63, 3.8) is 0 Å². The lowest BCUT2D eigenvalue weighted by Crippen LogP contribution is -2.37. The lowest BCUT2D eigenvalue weighted by atomic mass is 9.88. The minimum Gasteiger partial charge on any atom is -0.351 e. The van der Waals surface area contributed by atoms with Gasteiger partial charge in [-0.25, -0.2) is 0 Å². The van der Waals surface area contributed by atoms with E-state index < -0.39 is 0 Å². The van der Waals surface area contributed by atoms with Crippen LogP contribution in [0, 0.1) is 5.92 Å². The third-order valence-electron chi connectivity index (χ3n) is 3.09. The Labute approximate surface area is 92.5 Å². The van der Waals surface area contributed by atoms with Crippen LogP contribution in [0.1, 0.15) is 19.3 Å². The van der Waals surface area contributed by atoms with Crippen LogP contribution in [0.3, 0.4) is 0 Å². The first-order valence-electron chi connectivity index (χ1n) is 5.04. The molecule has 1 amide bonds. The van der Waals surface area contributed by atoms with E-state index in [-0.39, 0.29) is 11.8 Å². The number of carbonyl (C=O) groups excluding carboxylic acids is 1. The average Bonchev–Trinajstić information content (AvgIpc) is 2.74. The number of hydrogen-bond donors (Lipinski definition) is 2. The summed E-state index contributed by atoms with van der Waals surface area (Å²) in [5.74, 6) is 0.353. The van der Waals surface area contributed by atoms with E-state index in [1.165, 1.54) is 6.42 Å². The smallest absolute Gasteiger partial charge is 0.225 e. The maximum Gasteiger partial charge on any atom is 0.225 e. The van der Waals surface area contributed by atoms with Crippen LogP contribution < -0.4 is 10.6 Å². The molecule has 0 spiro atoms. The molecule has 2 N–H and O–H groups in total. The van der Waals surface area contributed by atoms with Crippen LogP contribution in [0.15, 0.2) is 11.1 Å². The van der Waals surface area contributed by atoms with Gasteiger partial charge in [-0.3, -0.25) is 4.79 Å². The standard InChI is InChI=1S/C10H15BrN2O/c1-6(11)5-12-10(14)8-4-7-2-3-9(8)13-7/h7-9,13H,1-5H2,(H,12,14). The first-order chi connectivity index (χ1) is 6.66. The summed E-state index contributed by atoms with van der Waals surface area (Å²) >= 11 is 3.23. The lowest BCUT2D eigenvalue weighted by molar-refractivity contribution is -0.125. The predicted octanol–water partition coefficient (Wildman–Crippen LogP) is 1.15. The van der Waals surface area contributed by atoms with Crippen molar-refractivity contribution in [2.75, 3.05) is 6.54 Å². The van der Waals surface area contributed by atoms with Gasteiger partial charge in [0.1, 0.15) is 0 Å². The van der Waals surface area contributed by atoms with Gasteiger partial charge in [-0.1, -0.05) is 22.5 Å². The highest BCUT2D eigenvalue weighted by molar-refractivity contribution is 9.11. The van der Waals surface area contributed by atoms with E-state index in [4.69, 9.17) is 0 Å². The summed E-state index contributed by atoms with van der Waals surface area (Å²) in [4.78, 5) is 11.7. The van der Waals surface area contributed by atoms with Crippen LogP contribution in [0.2, 0.25) is 0 Å². The van der Waals surface area contributed by atoms with Crippen LogP contribution in [0.5, 0.6) is 0 Å². The van der Waals surface area contributed by atoms with E-state index in [1.54, 1.807) is 0 Å². The summed E-state index contributed by atoms with van der Waals surface area (Å²) in [6.45, 7) is 4.22. The summed E-state index contributed by atoms with van der Waals surface area (Å²) in [7, 11) is 0. The van der Waals surface area contributed by atoms with Gasteiger partial charge in [0.05, 0.1) is 5.92 Å². The highest BCUT2D eigenvalue weighted by atomic mass is 79.9. The van der Waals surface area contributed by atoms with E-state index in [1.807, 2.05) is 0 Å². The van der Waals surface area contributed by atoms with Gasteiger partial charge in [-0.2, -0.15) is 0 Å². The minimum atomic E-state index is 0.172. The van der Waals surface area contributed by atoms with E-state index in [0.717, 1.165) is 17.3 Å². The molecule has 3 unspecified atom stereocenters. The van der Waals surface area contributed by atoms with Crippen molar-refractivity contribution < 1.29 is 4.79 Å². The topological polar surface area (TPSA) is 41.1 Å². The van der Waals surface area contributed by atoms with Crippen LogP contribution in [-0.2, 0) is 4.79 Å². The van der Waals surface area contributed by atoms with Crippen molar-refractivity contribution >= 4 is 21.8 Å². The average molecular weight is 259 g/mol. The molecule has 4 heteroatoms. The number of hydrogen-bond acceptors (Lipinski definition) is 2. The zero-order valence-electron chi connectivity index (χ0n) is 8.05. The first kappa shape index (κ1) is 10.2. The third-order valence-corrected chi connectivity index (χ3v) is 3.37. The number of carbonyl (C=O) groups is 1. The SMILES string of the molecule is C=C(Br)CNC(=O)C1CC2CCC1N2. The van der Waals surface area contributed by atoms with Gasteiger partial charge in [-0.15, -0.1) is 0 Å². The minimum absolute atomic E-state index is 0.172. The molecule has 0 saturated carbocycles. The predicted molar refractivity (Wildman–Crippen MR) is 59.1 cm³/mol. The molecular formula is C10H15BrN2O. The lowest BCUT2D eigenvalue weighted by Gasteiger charge is -2.19. The number of amides is 1. The van der Waals surface area contributed by atoms with Crippen LogP contribution >= 0.6 is 15.9 Å². The zero-order chi connectivity index (χ0) is 10.1. The number of halogens is 1. The molecule has 2 aliphatic heterocycles. The van der Waals surface area contributed by atoms with Crippen molar-refractivity contribution in [1.29, 1.82) is 0 Å². The first-order valence-corrected chi connectivity index (χ1v) is 5.83. The summed E-state index contributed by atoms with van der Waals surface area (Å²) in [6, 6.07) is 1.01. The van der Waals surface area contributed by atoms with Crippen molar-refractivity contribution in [3.05, 3.63) is 11.1 Å². The molecule has 3 nitrogen and oxygen atoms in total. The fourth-order valence-corrected chi connectivity index (χ4v) is 2.57. The highest BCUT2D eigenvalue weighted by Gasteiger charge is 2.42. The molecule has 0 aromatic carbocycles. The molecule has 2 aliphatic rings. The monoisotopic (exact) mass is 258 g/mol. The van der Waals surface area contributed by atoms with Gasteiger partial charge in [0.15, 0.2) is 0 Å². The molecule has 2 rings (SSSR count). The quantitative estimate of drug-likeness (QED) is 0.798. The molecule has 3 atom stereocenters. The molecular weight excluding hydrogens is 244 g/mol. The Bertz CT molecular complexity index is 267. The second-order valence-corrected chi connectivity index (χ2v) is 5.25. The van der Waals surface area contributed by atoms with Crippen molar-refractivity contribution in [1.82, 2.24) is 10.6 Å². The second-order valence-electron chi connectivity index (χ2n) is 4.12. The van der Waals surface area contributed by atoms with Crippen LogP contribution in [0.25, 0.3) is 0 Å². The van der Waals surface area contributed by atoms with Gasteiger partial charge in [0.2, 0.25) is 5.91 Å². The van der Waals surface area contributed by atoms with Crippen molar-refractivity contribution in [2.24, 2.45) is 5.92 Å². The molecule has 2 heterocycles. The summed E-state index contributed by atoms with van der Waals surface area (Å²) in [5, 5.41) is 6.33. The van der Waals surface area contributed by atoms with E-state index in [2.05, 4.69) is 33.1 Å². The van der Waals surface area contributed by atoms with E-state index in [0.29, 0.717) is 18.6 Å². The molecule has 0 aromatic heterocycles. The van der Waals surface area contributed by atoms with Gasteiger partial charge in [0, 0.05) is 23.1 Å². The Morgan fingerprint density at radius 2 is 2.36 bits per heavy atom. The second kappa shape index (κ2) is 4.03. The Hall–Kier alpha value is -0.350. The largest absolute Gasteiger partial charge is 0.351 e. The Balaban J connectivity index is 1.84. The zero-order valence-corrected chi connectivity index (χ0v) is 9.64. The Morgan fingerprint density at radius 3 is 2.86 bits per heavy atom. The Morgan fingerprint density at radius 1 is 1.57 bits per heavy atom. The van der Waals surface area contributed by atoms with Gasteiger partial charge >= 0.3 is 0 Å². The number of rotatable bonds is 3. The molecule has 2 bridgehead atoms. The fraction of sp³-hybridized carbons (Fsp3) is 0.700. The molecule has 14 heavy (non-hydrogen) atoms. The molecule has 2 saturated heterocycles. The molecule has 0 radical (unpaired) electrons. The summed E-state index contributed by atoms with van der Waals surface area (Å²) in [5.41, 5.74) is 0. The van der Waals surface area contributed by atoms with E-state index >= 15 is 0 Å². The van der Waals surface area contributed by atoms with Gasteiger partial charge in [0.25, 0.3) is 0 Å². The normalized spacial score (nSPS) is 34.5. The number of fused-ring (bicyclic) bond motifs is 2. The number of nitrogens with one attached hydrogen (secondary N) is 2. The Kier molecular flexibility index (Phi) is 2.93. The molecule has 2 fully saturated rings. The van der Waals surface area contributed by atoms with Gasteiger partial charge < -0.3 is 10.6 Å². The molecule has 0 aromatic rings. The van der Waals surface area contributed by atoms with Crippen molar-refractivity contribution in [3.8, 4) is 0 Å². The highest BCUT2D eigenvalue weighted by Crippen LogP contribution is 2.33. The maximum absolute atomic E-state index is 11.7. The molecule has 78 valence electrons. The van der Waals surface area contributed by atoms with Crippen LogP contribution in [-0.4, -0.2) is 24.5 Å². The van der Waals surface area contributed by atoms with Crippen molar-refractivity contribution in [2.45, 2.75) is 31.3 Å². The third kappa shape index (κ3) is 2.01. The van der Waals surface area contributed by atoms with E-state index in [9.17, 15) is 4.79 Å². The summed E-state index contributed by atoms with van der Waals surface area (Å²) in [6.07, 6.45) is 3.39.